The predicted octanol–water partition coefficient (Wildman–Crippen LogP) is 2.09. The highest BCUT2D eigenvalue weighted by Gasteiger charge is 2.34. The number of nitrogens with one attached hydrogen (secondary N) is 2. The Morgan fingerprint density at radius 2 is 2.12 bits per heavy atom. The molecule has 0 aromatic carbocycles. The van der Waals surface area contributed by atoms with Gasteiger partial charge in [-0.1, -0.05) is 13.3 Å². The highest BCUT2D eigenvalue weighted by molar-refractivity contribution is 7.98. The van der Waals surface area contributed by atoms with Crippen molar-refractivity contribution in [2.24, 2.45) is 10.4 Å². The SMILES string of the molecule is CCC1(CNC(=NC)NCCSC)CCC1. The highest BCUT2D eigenvalue weighted by Crippen LogP contribution is 2.42. The van der Waals surface area contributed by atoms with Crippen molar-refractivity contribution >= 4 is 17.7 Å². The Hall–Kier alpha value is -0.380. The maximum Gasteiger partial charge on any atom is 0.191 e. The van der Waals surface area contributed by atoms with Gasteiger partial charge in [-0.3, -0.25) is 4.99 Å². The third-order valence-corrected chi connectivity index (χ3v) is 4.23. The summed E-state index contributed by atoms with van der Waals surface area (Å²) in [5.74, 6) is 2.08. The van der Waals surface area contributed by atoms with Gasteiger partial charge in [0.2, 0.25) is 0 Å². The second-order valence-corrected chi connectivity index (χ2v) is 5.54. The van der Waals surface area contributed by atoms with Gasteiger partial charge >= 0.3 is 0 Å². The van der Waals surface area contributed by atoms with E-state index in [9.17, 15) is 0 Å². The Bertz CT molecular complexity index is 219. The minimum Gasteiger partial charge on any atom is -0.356 e. The summed E-state index contributed by atoms with van der Waals surface area (Å²) in [6, 6.07) is 0. The number of guanidine groups is 1. The molecule has 2 N–H and O–H groups in total. The van der Waals surface area contributed by atoms with Crippen LogP contribution in [0.3, 0.4) is 0 Å². The van der Waals surface area contributed by atoms with Crippen LogP contribution in [0, 0.1) is 5.41 Å². The van der Waals surface area contributed by atoms with Crippen molar-refractivity contribution in [3.05, 3.63) is 0 Å². The molecule has 0 aromatic rings. The minimum atomic E-state index is 0.553. The van der Waals surface area contributed by atoms with Crippen LogP contribution in [0.2, 0.25) is 0 Å². The van der Waals surface area contributed by atoms with E-state index in [1.54, 1.807) is 0 Å². The molecule has 0 aromatic heterocycles. The molecule has 0 atom stereocenters. The average Bonchev–Trinajstić information content (AvgIpc) is 2.26. The summed E-state index contributed by atoms with van der Waals surface area (Å²) in [7, 11) is 1.84. The number of thioether (sulfide) groups is 1. The fraction of sp³-hybridized carbons (Fsp3) is 0.917. The van der Waals surface area contributed by atoms with Gasteiger partial charge in [0.05, 0.1) is 0 Å². The summed E-state index contributed by atoms with van der Waals surface area (Å²) >= 11 is 1.85. The molecule has 4 heteroatoms. The zero-order valence-electron chi connectivity index (χ0n) is 10.8. The van der Waals surface area contributed by atoms with Crippen molar-refractivity contribution in [2.45, 2.75) is 32.6 Å². The molecule has 1 aliphatic rings. The normalized spacial score (nSPS) is 19.1. The van der Waals surface area contributed by atoms with E-state index in [2.05, 4.69) is 28.8 Å². The molecule has 94 valence electrons. The quantitative estimate of drug-likeness (QED) is 0.426. The maximum atomic E-state index is 4.24. The van der Waals surface area contributed by atoms with E-state index in [0.717, 1.165) is 24.8 Å². The molecular weight excluding hydrogens is 218 g/mol. The maximum absolute atomic E-state index is 4.24. The first-order chi connectivity index (χ1) is 7.76. The van der Waals surface area contributed by atoms with Gasteiger partial charge in [-0.15, -0.1) is 0 Å². The fourth-order valence-corrected chi connectivity index (χ4v) is 2.40. The number of nitrogens with zero attached hydrogens (tertiary/aromatic N) is 1. The van der Waals surface area contributed by atoms with Crippen LogP contribution >= 0.6 is 11.8 Å². The van der Waals surface area contributed by atoms with Crippen LogP contribution in [0.4, 0.5) is 0 Å². The Balaban J connectivity index is 2.23. The number of hydrogen-bond donors (Lipinski definition) is 2. The van der Waals surface area contributed by atoms with E-state index in [1.807, 2.05) is 18.8 Å². The lowest BCUT2D eigenvalue weighted by molar-refractivity contribution is 0.131. The molecule has 1 rings (SSSR count). The van der Waals surface area contributed by atoms with Crippen LogP contribution in [0.1, 0.15) is 32.6 Å². The van der Waals surface area contributed by atoms with E-state index in [0.29, 0.717) is 5.41 Å². The third kappa shape index (κ3) is 3.89. The molecule has 16 heavy (non-hydrogen) atoms. The Morgan fingerprint density at radius 3 is 2.56 bits per heavy atom. The fourth-order valence-electron chi connectivity index (χ4n) is 2.10. The number of rotatable bonds is 6. The third-order valence-electron chi connectivity index (χ3n) is 3.62. The van der Waals surface area contributed by atoms with Crippen molar-refractivity contribution in [2.75, 3.05) is 32.1 Å². The average molecular weight is 243 g/mol. The number of aliphatic imine (C=N–C) groups is 1. The lowest BCUT2D eigenvalue weighted by Crippen LogP contribution is -2.46. The Labute approximate surface area is 104 Å². The first-order valence-corrected chi connectivity index (χ1v) is 7.59. The Kier molecular flexibility index (Phi) is 6.03. The van der Waals surface area contributed by atoms with Gasteiger partial charge in [-0.2, -0.15) is 11.8 Å². The Morgan fingerprint density at radius 1 is 1.38 bits per heavy atom. The zero-order chi connectivity index (χ0) is 11.9. The summed E-state index contributed by atoms with van der Waals surface area (Å²) < 4.78 is 0. The second-order valence-electron chi connectivity index (χ2n) is 4.55. The van der Waals surface area contributed by atoms with Gasteiger partial charge in [0.1, 0.15) is 0 Å². The lowest BCUT2D eigenvalue weighted by atomic mass is 9.67. The smallest absolute Gasteiger partial charge is 0.191 e. The van der Waals surface area contributed by atoms with Crippen molar-refractivity contribution in [3.63, 3.8) is 0 Å². The molecule has 0 radical (unpaired) electrons. The summed E-state index contributed by atoms with van der Waals surface area (Å²) in [5, 5.41) is 6.78. The van der Waals surface area contributed by atoms with Gasteiger partial charge in [-0.25, -0.2) is 0 Å². The summed E-state index contributed by atoms with van der Waals surface area (Å²) in [5.41, 5.74) is 0.553. The lowest BCUT2D eigenvalue weighted by Gasteiger charge is -2.41. The summed E-state index contributed by atoms with van der Waals surface area (Å²) in [4.78, 5) is 4.24. The van der Waals surface area contributed by atoms with Crippen LogP contribution in [0.25, 0.3) is 0 Å². The molecule has 1 saturated carbocycles. The molecule has 0 unspecified atom stereocenters. The van der Waals surface area contributed by atoms with Crippen molar-refractivity contribution in [1.82, 2.24) is 10.6 Å². The summed E-state index contributed by atoms with van der Waals surface area (Å²) in [6.45, 7) is 4.35. The van der Waals surface area contributed by atoms with Gasteiger partial charge in [0, 0.05) is 25.9 Å². The monoisotopic (exact) mass is 243 g/mol. The minimum absolute atomic E-state index is 0.553. The molecule has 1 aliphatic carbocycles. The molecule has 0 bridgehead atoms. The van der Waals surface area contributed by atoms with E-state index in [4.69, 9.17) is 0 Å². The number of hydrogen-bond acceptors (Lipinski definition) is 2. The van der Waals surface area contributed by atoms with E-state index < -0.39 is 0 Å². The molecule has 3 nitrogen and oxygen atoms in total. The van der Waals surface area contributed by atoms with Gasteiger partial charge < -0.3 is 10.6 Å². The predicted molar refractivity (Wildman–Crippen MR) is 74.3 cm³/mol. The molecular formula is C12H25N3S. The topological polar surface area (TPSA) is 36.4 Å². The molecule has 0 amide bonds. The molecule has 0 spiro atoms. The molecule has 0 heterocycles. The second kappa shape index (κ2) is 7.05. The van der Waals surface area contributed by atoms with Gasteiger partial charge in [0.15, 0.2) is 5.96 Å². The van der Waals surface area contributed by atoms with E-state index in [1.165, 1.54) is 25.7 Å². The zero-order valence-corrected chi connectivity index (χ0v) is 11.6. The van der Waals surface area contributed by atoms with Gasteiger partial charge in [-0.05, 0) is 30.9 Å². The van der Waals surface area contributed by atoms with Crippen LogP contribution in [-0.2, 0) is 0 Å². The largest absolute Gasteiger partial charge is 0.356 e. The van der Waals surface area contributed by atoms with Crippen molar-refractivity contribution < 1.29 is 0 Å². The van der Waals surface area contributed by atoms with Crippen LogP contribution in [0.15, 0.2) is 4.99 Å². The molecule has 1 fully saturated rings. The van der Waals surface area contributed by atoms with Crippen molar-refractivity contribution in [3.8, 4) is 0 Å². The van der Waals surface area contributed by atoms with Crippen LogP contribution in [0.5, 0.6) is 0 Å². The molecule has 0 saturated heterocycles. The van der Waals surface area contributed by atoms with Crippen LogP contribution < -0.4 is 10.6 Å². The first kappa shape index (κ1) is 13.7. The summed E-state index contributed by atoms with van der Waals surface area (Å²) in [6.07, 6.45) is 7.55. The standard InChI is InChI=1S/C12H25N3S/c1-4-12(6-5-7-12)10-15-11(13-2)14-8-9-16-3/h4-10H2,1-3H3,(H2,13,14,15). The van der Waals surface area contributed by atoms with Gasteiger partial charge in [0.25, 0.3) is 0 Å². The van der Waals surface area contributed by atoms with Crippen molar-refractivity contribution in [1.29, 1.82) is 0 Å². The highest BCUT2D eigenvalue weighted by atomic mass is 32.2. The molecule has 0 aliphatic heterocycles. The first-order valence-electron chi connectivity index (χ1n) is 6.20. The van der Waals surface area contributed by atoms with Crippen LogP contribution in [-0.4, -0.2) is 38.1 Å². The van der Waals surface area contributed by atoms with E-state index >= 15 is 0 Å². The van der Waals surface area contributed by atoms with E-state index in [-0.39, 0.29) is 0 Å².